The Morgan fingerprint density at radius 2 is 1.78 bits per heavy atom. The van der Waals surface area contributed by atoms with Gasteiger partial charge < -0.3 is 4.42 Å². The summed E-state index contributed by atoms with van der Waals surface area (Å²) in [6.07, 6.45) is 1.77. The van der Waals surface area contributed by atoms with Crippen LogP contribution in [0.15, 0.2) is 53.1 Å². The number of hydrogen-bond acceptors (Lipinski definition) is 2. The molecular weight excluding hydrogens is 246 g/mol. The Hall–Kier alpha value is -2.06. The number of nitrogens with zero attached hydrogens (tertiary/aromatic N) is 1. The summed E-state index contributed by atoms with van der Waals surface area (Å²) < 4.78 is 5.83. The fraction of sp³-hybridized carbons (Fsp3) is 0. The lowest BCUT2D eigenvalue weighted by atomic mass is 10.1. The highest BCUT2D eigenvalue weighted by molar-refractivity contribution is 6.40. The molecule has 0 aliphatic rings. The van der Waals surface area contributed by atoms with Crippen LogP contribution in [0.5, 0.6) is 0 Å². The van der Waals surface area contributed by atoms with Crippen LogP contribution < -0.4 is 0 Å². The normalized spacial score (nSPS) is 11.6. The summed E-state index contributed by atoms with van der Waals surface area (Å²) in [6.45, 7) is 0. The molecule has 0 atom stereocenters. The zero-order valence-electron chi connectivity index (χ0n) is 9.35. The van der Waals surface area contributed by atoms with E-state index in [1.807, 2.05) is 42.5 Å². The first-order valence-corrected chi connectivity index (χ1v) is 6.07. The lowest BCUT2D eigenvalue weighted by Gasteiger charge is -1.99. The van der Waals surface area contributed by atoms with Crippen molar-refractivity contribution in [3.8, 4) is 0 Å². The number of halogens is 1. The van der Waals surface area contributed by atoms with Gasteiger partial charge in [0.1, 0.15) is 5.58 Å². The molecule has 18 heavy (non-hydrogen) atoms. The Balaban J connectivity index is 2.33. The zero-order valence-corrected chi connectivity index (χ0v) is 10.1. The van der Waals surface area contributed by atoms with E-state index in [0.29, 0.717) is 5.02 Å². The highest BCUT2D eigenvalue weighted by Crippen LogP contribution is 2.37. The molecule has 0 saturated heterocycles. The predicted octanol–water partition coefficient (Wildman–Crippen LogP) is 4.79. The third kappa shape index (κ3) is 1.21. The first-order chi connectivity index (χ1) is 8.84. The van der Waals surface area contributed by atoms with E-state index in [0.717, 1.165) is 32.8 Å². The van der Waals surface area contributed by atoms with Crippen molar-refractivity contribution in [3.05, 3.63) is 53.7 Å². The lowest BCUT2D eigenvalue weighted by molar-refractivity contribution is 0.669. The van der Waals surface area contributed by atoms with Crippen LogP contribution in [0.4, 0.5) is 0 Å². The van der Waals surface area contributed by atoms with Crippen LogP contribution in [-0.2, 0) is 0 Å². The van der Waals surface area contributed by atoms with Crippen LogP contribution in [0, 0.1) is 0 Å². The van der Waals surface area contributed by atoms with E-state index < -0.39 is 0 Å². The molecule has 86 valence electrons. The average molecular weight is 254 g/mol. The second kappa shape index (κ2) is 3.47. The molecule has 0 bridgehead atoms. The molecule has 4 rings (SSSR count). The Labute approximate surface area is 108 Å². The summed E-state index contributed by atoms with van der Waals surface area (Å²) in [5, 5.41) is 3.64. The van der Waals surface area contributed by atoms with E-state index in [1.165, 1.54) is 0 Å². The minimum Gasteiger partial charge on any atom is -0.454 e. The fourth-order valence-corrected chi connectivity index (χ4v) is 2.65. The molecule has 0 amide bonds. The zero-order chi connectivity index (χ0) is 12.1. The Kier molecular flexibility index (Phi) is 1.91. The molecule has 2 aromatic heterocycles. The maximum Gasteiger partial charge on any atom is 0.154 e. The summed E-state index contributed by atoms with van der Waals surface area (Å²) in [4.78, 5) is 4.35. The SMILES string of the molecule is Clc1c2cccnc2cc2c1oc1ccccc12. The minimum absolute atomic E-state index is 0.631. The van der Waals surface area contributed by atoms with Crippen molar-refractivity contribution >= 4 is 44.4 Å². The Morgan fingerprint density at radius 3 is 2.72 bits per heavy atom. The van der Waals surface area contributed by atoms with Crippen molar-refractivity contribution in [2.45, 2.75) is 0 Å². The molecule has 0 aliphatic carbocycles. The number of fused-ring (bicyclic) bond motifs is 4. The van der Waals surface area contributed by atoms with Gasteiger partial charge >= 0.3 is 0 Å². The van der Waals surface area contributed by atoms with Crippen molar-refractivity contribution in [2.24, 2.45) is 0 Å². The maximum absolute atomic E-state index is 6.41. The summed E-state index contributed by atoms with van der Waals surface area (Å²) in [7, 11) is 0. The van der Waals surface area contributed by atoms with Gasteiger partial charge in [-0.05, 0) is 24.3 Å². The van der Waals surface area contributed by atoms with Gasteiger partial charge in [-0.25, -0.2) is 0 Å². The number of hydrogen-bond donors (Lipinski definition) is 0. The smallest absolute Gasteiger partial charge is 0.154 e. The van der Waals surface area contributed by atoms with Gasteiger partial charge in [-0.15, -0.1) is 0 Å². The summed E-state index contributed by atoms with van der Waals surface area (Å²) in [5.41, 5.74) is 2.48. The molecule has 0 fully saturated rings. The van der Waals surface area contributed by atoms with Gasteiger partial charge in [0.05, 0.1) is 10.5 Å². The largest absolute Gasteiger partial charge is 0.454 e. The van der Waals surface area contributed by atoms with Crippen molar-refractivity contribution in [3.63, 3.8) is 0 Å². The Bertz CT molecular complexity index is 895. The van der Waals surface area contributed by atoms with E-state index in [-0.39, 0.29) is 0 Å². The standard InChI is InChI=1S/C15H8ClNO/c16-14-10-5-3-7-17-12(10)8-11-9-4-1-2-6-13(9)18-15(11)14/h1-8H. The van der Waals surface area contributed by atoms with E-state index in [4.69, 9.17) is 16.0 Å². The third-order valence-corrected chi connectivity index (χ3v) is 3.56. The molecular formula is C15H8ClNO. The molecule has 0 N–H and O–H groups in total. The number of rotatable bonds is 0. The first-order valence-electron chi connectivity index (χ1n) is 5.69. The van der Waals surface area contributed by atoms with E-state index in [9.17, 15) is 0 Å². The van der Waals surface area contributed by atoms with Gasteiger partial charge in [0.2, 0.25) is 0 Å². The summed E-state index contributed by atoms with van der Waals surface area (Å²) >= 11 is 6.41. The van der Waals surface area contributed by atoms with E-state index in [1.54, 1.807) is 6.20 Å². The summed E-state index contributed by atoms with van der Waals surface area (Å²) in [6, 6.07) is 13.8. The fourth-order valence-electron chi connectivity index (χ4n) is 2.35. The number of furan rings is 1. The van der Waals surface area contributed by atoms with Crippen LogP contribution in [0.3, 0.4) is 0 Å². The topological polar surface area (TPSA) is 26.0 Å². The summed E-state index contributed by atoms with van der Waals surface area (Å²) in [5.74, 6) is 0. The molecule has 0 unspecified atom stereocenters. The third-order valence-electron chi connectivity index (χ3n) is 3.19. The van der Waals surface area contributed by atoms with Gasteiger partial charge in [0, 0.05) is 22.4 Å². The van der Waals surface area contributed by atoms with Crippen LogP contribution in [0.2, 0.25) is 5.02 Å². The predicted molar refractivity (Wildman–Crippen MR) is 74.0 cm³/mol. The minimum atomic E-state index is 0.631. The molecule has 3 heteroatoms. The quantitative estimate of drug-likeness (QED) is 0.450. The van der Waals surface area contributed by atoms with Gasteiger partial charge in [-0.2, -0.15) is 0 Å². The van der Waals surface area contributed by atoms with Crippen LogP contribution >= 0.6 is 11.6 Å². The monoisotopic (exact) mass is 253 g/mol. The number of benzene rings is 2. The molecule has 2 aromatic carbocycles. The molecule has 0 radical (unpaired) electrons. The molecule has 0 spiro atoms. The highest BCUT2D eigenvalue weighted by Gasteiger charge is 2.13. The van der Waals surface area contributed by atoms with E-state index in [2.05, 4.69) is 4.98 Å². The second-order valence-corrected chi connectivity index (χ2v) is 4.61. The van der Waals surface area contributed by atoms with Crippen molar-refractivity contribution < 1.29 is 4.42 Å². The molecule has 2 nitrogen and oxygen atoms in total. The molecule has 4 aromatic rings. The molecule has 0 saturated carbocycles. The maximum atomic E-state index is 6.41. The molecule has 2 heterocycles. The number of pyridine rings is 1. The van der Waals surface area contributed by atoms with Crippen molar-refractivity contribution in [1.29, 1.82) is 0 Å². The first kappa shape index (κ1) is 9.92. The van der Waals surface area contributed by atoms with Crippen LogP contribution in [0.25, 0.3) is 32.8 Å². The second-order valence-electron chi connectivity index (χ2n) is 4.24. The van der Waals surface area contributed by atoms with Gasteiger partial charge in [-0.1, -0.05) is 29.8 Å². The van der Waals surface area contributed by atoms with Crippen molar-refractivity contribution in [2.75, 3.05) is 0 Å². The lowest BCUT2D eigenvalue weighted by Crippen LogP contribution is -1.79. The van der Waals surface area contributed by atoms with Crippen molar-refractivity contribution in [1.82, 2.24) is 4.98 Å². The Morgan fingerprint density at radius 1 is 0.944 bits per heavy atom. The van der Waals surface area contributed by atoms with Gasteiger partial charge in [0.15, 0.2) is 5.58 Å². The average Bonchev–Trinajstić information content (AvgIpc) is 2.79. The number of aromatic nitrogens is 1. The van der Waals surface area contributed by atoms with Gasteiger partial charge in [-0.3, -0.25) is 4.98 Å². The van der Waals surface area contributed by atoms with E-state index >= 15 is 0 Å². The van der Waals surface area contributed by atoms with Crippen LogP contribution in [0.1, 0.15) is 0 Å². The highest BCUT2D eigenvalue weighted by atomic mass is 35.5. The number of para-hydroxylation sites is 1. The van der Waals surface area contributed by atoms with Crippen LogP contribution in [-0.4, -0.2) is 4.98 Å². The molecule has 0 aliphatic heterocycles. The van der Waals surface area contributed by atoms with Gasteiger partial charge in [0.25, 0.3) is 0 Å².